The summed E-state index contributed by atoms with van der Waals surface area (Å²) >= 11 is 0. The second-order valence-corrected chi connectivity index (χ2v) is 17.9. The summed E-state index contributed by atoms with van der Waals surface area (Å²) in [6, 6.07) is -0.837. The second kappa shape index (κ2) is 35.9. The van der Waals surface area contributed by atoms with Gasteiger partial charge in [0.1, 0.15) is 13.2 Å². The van der Waals surface area contributed by atoms with Crippen molar-refractivity contribution in [2.45, 2.75) is 219 Å². The number of carbonyl (C=O) groups is 1. The van der Waals surface area contributed by atoms with Gasteiger partial charge in [-0.1, -0.05) is 193 Å². The Morgan fingerprint density at radius 3 is 1.42 bits per heavy atom. The number of likely N-dealkylation sites (N-methyl/N-ethyl adjacent to an activating group) is 1. The van der Waals surface area contributed by atoms with Gasteiger partial charge in [-0.05, 0) is 19.3 Å². The van der Waals surface area contributed by atoms with Crippen molar-refractivity contribution in [3.05, 3.63) is 12.2 Å². The van der Waals surface area contributed by atoms with Crippen molar-refractivity contribution in [2.24, 2.45) is 0 Å². The number of hydrogen-bond donors (Lipinski definition) is 3. The smallest absolute Gasteiger partial charge is 0.387 e. The first-order chi connectivity index (χ1) is 25.0. The van der Waals surface area contributed by atoms with Gasteiger partial charge in [-0.3, -0.25) is 13.8 Å². The number of amides is 1. The maximum Gasteiger partial charge on any atom is 0.472 e. The van der Waals surface area contributed by atoms with Gasteiger partial charge in [0.15, 0.2) is 0 Å². The average Bonchev–Trinajstić information content (AvgIpc) is 3.09. The maximum atomic E-state index is 12.8. The van der Waals surface area contributed by atoms with Crippen LogP contribution in [-0.4, -0.2) is 73.4 Å². The second-order valence-electron chi connectivity index (χ2n) is 16.4. The number of rotatable bonds is 40. The molecule has 0 aromatic rings. The molecule has 1 amide bonds. The first kappa shape index (κ1) is 51.2. The third kappa shape index (κ3) is 37.6. The lowest BCUT2D eigenvalue weighted by Crippen LogP contribution is -2.45. The summed E-state index contributed by atoms with van der Waals surface area (Å²) in [6.45, 7) is 4.77. The number of nitrogens with one attached hydrogen (secondary N) is 1. The fourth-order valence-electron chi connectivity index (χ4n) is 6.45. The number of quaternary nitrogens is 1. The molecule has 0 saturated heterocycles. The summed E-state index contributed by atoms with van der Waals surface area (Å²) in [7, 11) is 1.58. The number of nitrogens with zero attached hydrogens (tertiary/aromatic N) is 1. The van der Waals surface area contributed by atoms with Gasteiger partial charge >= 0.3 is 7.82 Å². The van der Waals surface area contributed by atoms with Gasteiger partial charge in [0.05, 0.1) is 39.9 Å². The zero-order chi connectivity index (χ0) is 38.6. The Balaban J connectivity index is 4.08. The van der Waals surface area contributed by atoms with Crippen LogP contribution in [0.2, 0.25) is 0 Å². The molecule has 0 aliphatic carbocycles. The largest absolute Gasteiger partial charge is 0.472 e. The molecule has 3 unspecified atom stereocenters. The van der Waals surface area contributed by atoms with E-state index in [1.54, 1.807) is 6.08 Å². The Morgan fingerprint density at radius 1 is 0.635 bits per heavy atom. The summed E-state index contributed by atoms with van der Waals surface area (Å²) in [5, 5.41) is 13.7. The number of unbranched alkanes of at least 4 members (excludes halogenated alkanes) is 27. The van der Waals surface area contributed by atoms with Crippen LogP contribution in [0.4, 0.5) is 0 Å². The number of phosphoric acid groups is 1. The van der Waals surface area contributed by atoms with Crippen molar-refractivity contribution < 1.29 is 32.9 Å². The Hall–Kier alpha value is -0.760. The summed E-state index contributed by atoms with van der Waals surface area (Å²) < 4.78 is 23.4. The SMILES string of the molecule is CCCCCCC/C=C/C(O)C(COP(=O)(O)OCC[N+](C)(C)C)NC(=O)CCCCCCCCCCCCCCCCCCCCCCCCC. The monoisotopic (exact) mass is 760 g/mol. The van der Waals surface area contributed by atoms with Crippen LogP contribution in [0.1, 0.15) is 206 Å². The van der Waals surface area contributed by atoms with Crippen LogP contribution in [0.25, 0.3) is 0 Å². The molecule has 52 heavy (non-hydrogen) atoms. The molecule has 0 saturated carbocycles. The van der Waals surface area contributed by atoms with Crippen LogP contribution in [0, 0.1) is 0 Å². The number of phosphoric ester groups is 1. The molecule has 0 bridgehead atoms. The van der Waals surface area contributed by atoms with Crippen LogP contribution in [0.3, 0.4) is 0 Å². The van der Waals surface area contributed by atoms with E-state index in [9.17, 15) is 19.4 Å². The summed E-state index contributed by atoms with van der Waals surface area (Å²) in [5.74, 6) is -0.178. The molecule has 0 spiro atoms. The molecular weight excluding hydrogens is 671 g/mol. The third-order valence-electron chi connectivity index (χ3n) is 10.0. The zero-order valence-electron chi connectivity index (χ0n) is 35.1. The van der Waals surface area contributed by atoms with E-state index >= 15 is 0 Å². The Morgan fingerprint density at radius 2 is 1.02 bits per heavy atom. The Bertz CT molecular complexity index is 865. The number of aliphatic hydroxyl groups excluding tert-OH is 1. The summed E-state index contributed by atoms with van der Waals surface area (Å²) in [4.78, 5) is 23.0. The van der Waals surface area contributed by atoms with Crippen LogP contribution < -0.4 is 5.32 Å². The molecule has 8 nitrogen and oxygen atoms in total. The number of aliphatic hydroxyl groups is 1. The minimum atomic E-state index is -4.32. The minimum Gasteiger partial charge on any atom is -0.387 e. The minimum absolute atomic E-state index is 0.0638. The van der Waals surface area contributed by atoms with Crippen molar-refractivity contribution in [3.63, 3.8) is 0 Å². The van der Waals surface area contributed by atoms with Crippen molar-refractivity contribution >= 4 is 13.7 Å². The fraction of sp³-hybridized carbons (Fsp3) is 0.930. The molecule has 0 aromatic heterocycles. The molecule has 9 heteroatoms. The van der Waals surface area contributed by atoms with Gasteiger partial charge < -0.3 is 19.8 Å². The van der Waals surface area contributed by atoms with E-state index in [2.05, 4.69) is 19.2 Å². The van der Waals surface area contributed by atoms with Crippen molar-refractivity contribution in [2.75, 3.05) is 40.9 Å². The molecule has 310 valence electrons. The van der Waals surface area contributed by atoms with E-state index in [-0.39, 0.29) is 19.1 Å². The lowest BCUT2D eigenvalue weighted by molar-refractivity contribution is -0.870. The normalized spacial score (nSPS) is 14.5. The molecule has 0 aromatic carbocycles. The lowest BCUT2D eigenvalue weighted by Gasteiger charge is -2.25. The predicted molar refractivity (Wildman–Crippen MR) is 222 cm³/mol. The molecule has 0 aliphatic heterocycles. The number of hydrogen-bond acceptors (Lipinski definition) is 5. The quantitative estimate of drug-likeness (QED) is 0.0249. The van der Waals surface area contributed by atoms with Crippen molar-refractivity contribution in [3.8, 4) is 0 Å². The zero-order valence-corrected chi connectivity index (χ0v) is 36.0. The van der Waals surface area contributed by atoms with E-state index in [0.29, 0.717) is 17.4 Å². The molecule has 0 aliphatic rings. The van der Waals surface area contributed by atoms with Gasteiger partial charge in [-0.15, -0.1) is 0 Å². The Kier molecular flexibility index (Phi) is 35.4. The lowest BCUT2D eigenvalue weighted by atomic mass is 10.0. The Labute approximate surface area is 322 Å². The molecule has 3 N–H and O–H groups in total. The maximum absolute atomic E-state index is 12.8. The highest BCUT2D eigenvalue weighted by Crippen LogP contribution is 2.43. The highest BCUT2D eigenvalue weighted by atomic mass is 31.2. The van der Waals surface area contributed by atoms with Crippen LogP contribution in [-0.2, 0) is 18.4 Å². The molecule has 0 fully saturated rings. The first-order valence-electron chi connectivity index (χ1n) is 22.1. The molecule has 0 rings (SSSR count). The van der Waals surface area contributed by atoms with E-state index in [0.717, 1.165) is 38.5 Å². The first-order valence-corrected chi connectivity index (χ1v) is 23.6. The number of carbonyl (C=O) groups excluding carboxylic acids is 1. The topological polar surface area (TPSA) is 105 Å². The molecule has 0 radical (unpaired) electrons. The highest BCUT2D eigenvalue weighted by molar-refractivity contribution is 7.47. The van der Waals surface area contributed by atoms with Crippen LogP contribution >= 0.6 is 7.82 Å². The van der Waals surface area contributed by atoms with E-state index in [4.69, 9.17) is 9.05 Å². The molecule has 3 atom stereocenters. The molecule has 0 heterocycles. The van der Waals surface area contributed by atoms with E-state index in [1.807, 2.05) is 27.2 Å². The van der Waals surface area contributed by atoms with E-state index in [1.165, 1.54) is 148 Å². The van der Waals surface area contributed by atoms with Crippen LogP contribution in [0.5, 0.6) is 0 Å². The van der Waals surface area contributed by atoms with Crippen molar-refractivity contribution in [1.29, 1.82) is 0 Å². The van der Waals surface area contributed by atoms with Crippen molar-refractivity contribution in [1.82, 2.24) is 5.32 Å². The molecular formula is C43H88N2O6P+. The predicted octanol–water partition coefficient (Wildman–Crippen LogP) is 12.0. The average molecular weight is 760 g/mol. The third-order valence-corrected chi connectivity index (χ3v) is 11.0. The van der Waals surface area contributed by atoms with Gasteiger partial charge in [-0.25, -0.2) is 4.57 Å². The van der Waals surface area contributed by atoms with E-state index < -0.39 is 20.0 Å². The van der Waals surface area contributed by atoms with Gasteiger partial charge in [0.2, 0.25) is 5.91 Å². The standard InChI is InChI=1S/C43H87N2O6P/c1-6-8-10-12-14-15-16-17-18-19-20-21-22-23-24-25-26-27-28-29-31-33-35-37-43(47)44-41(42(46)36-34-32-30-13-11-9-7-2)40-51-52(48,49)50-39-38-45(3,4)5/h34,36,41-42,46H,6-33,35,37-40H2,1-5H3,(H-,44,47,48,49)/p+1/b36-34+. The fourth-order valence-corrected chi connectivity index (χ4v) is 7.19. The number of allylic oxidation sites excluding steroid dienone is 1. The van der Waals surface area contributed by atoms with Gasteiger partial charge in [0.25, 0.3) is 0 Å². The highest BCUT2D eigenvalue weighted by Gasteiger charge is 2.27. The van der Waals surface area contributed by atoms with Crippen LogP contribution in [0.15, 0.2) is 12.2 Å². The summed E-state index contributed by atoms with van der Waals surface area (Å²) in [6.07, 6.45) is 40.2. The van der Waals surface area contributed by atoms with Gasteiger partial charge in [0, 0.05) is 6.42 Å². The van der Waals surface area contributed by atoms with Gasteiger partial charge in [-0.2, -0.15) is 0 Å². The summed E-state index contributed by atoms with van der Waals surface area (Å²) in [5.41, 5.74) is 0.